The van der Waals surface area contributed by atoms with Crippen molar-refractivity contribution in [3.8, 4) is 0 Å². The van der Waals surface area contributed by atoms with Gasteiger partial charge in [-0.15, -0.1) is 0 Å². The van der Waals surface area contributed by atoms with Gasteiger partial charge in [-0.2, -0.15) is 4.31 Å². The van der Waals surface area contributed by atoms with Crippen molar-refractivity contribution < 1.29 is 33.1 Å². The Hall–Kier alpha value is -3.35. The number of piperazine rings is 1. The SMILES string of the molecule is O=C(O)C(=O)O.O=[N+]([O-])c1ccccc1CN1CCN(S(=O)(=O)c2ccccc2)CC1. The maximum Gasteiger partial charge on any atom is 0.414 e. The van der Waals surface area contributed by atoms with Crippen molar-refractivity contribution in [1.29, 1.82) is 0 Å². The fourth-order valence-corrected chi connectivity index (χ4v) is 4.38. The van der Waals surface area contributed by atoms with E-state index in [1.54, 1.807) is 48.5 Å². The fraction of sp³-hybridized carbons (Fsp3) is 0.263. The molecule has 12 heteroatoms. The summed E-state index contributed by atoms with van der Waals surface area (Å²) in [4.78, 5) is 31.3. The predicted octanol–water partition coefficient (Wildman–Crippen LogP) is 1.26. The Kier molecular flexibility index (Phi) is 8.19. The maximum atomic E-state index is 12.6. The maximum absolute atomic E-state index is 12.6. The van der Waals surface area contributed by atoms with Gasteiger partial charge in [0.2, 0.25) is 10.0 Å². The van der Waals surface area contributed by atoms with E-state index in [0.29, 0.717) is 43.2 Å². The van der Waals surface area contributed by atoms with E-state index in [0.717, 1.165) is 0 Å². The van der Waals surface area contributed by atoms with E-state index in [2.05, 4.69) is 0 Å². The molecule has 2 N–H and O–H groups in total. The highest BCUT2D eigenvalue weighted by Crippen LogP contribution is 2.22. The Labute approximate surface area is 178 Å². The lowest BCUT2D eigenvalue weighted by Crippen LogP contribution is -2.48. The molecule has 0 radical (unpaired) electrons. The molecular formula is C19H21N3O8S. The lowest BCUT2D eigenvalue weighted by Gasteiger charge is -2.33. The first-order valence-corrected chi connectivity index (χ1v) is 10.5. The van der Waals surface area contributed by atoms with Gasteiger partial charge in [0.15, 0.2) is 0 Å². The zero-order chi connectivity index (χ0) is 23.0. The lowest BCUT2D eigenvalue weighted by molar-refractivity contribution is -0.385. The molecule has 0 saturated carbocycles. The van der Waals surface area contributed by atoms with Gasteiger partial charge in [0.05, 0.1) is 9.82 Å². The van der Waals surface area contributed by atoms with Crippen molar-refractivity contribution in [3.05, 3.63) is 70.3 Å². The third-order valence-corrected chi connectivity index (χ3v) is 6.39. The second-order valence-corrected chi connectivity index (χ2v) is 8.43. The largest absolute Gasteiger partial charge is 0.473 e. The van der Waals surface area contributed by atoms with Gasteiger partial charge in [-0.3, -0.25) is 15.0 Å². The number of hydrogen-bond acceptors (Lipinski definition) is 7. The monoisotopic (exact) mass is 451 g/mol. The molecule has 0 atom stereocenters. The first-order chi connectivity index (χ1) is 14.6. The minimum Gasteiger partial charge on any atom is -0.473 e. The summed E-state index contributed by atoms with van der Waals surface area (Å²) in [7, 11) is -3.48. The van der Waals surface area contributed by atoms with Gasteiger partial charge < -0.3 is 10.2 Å². The predicted molar refractivity (Wildman–Crippen MR) is 109 cm³/mol. The van der Waals surface area contributed by atoms with Crippen LogP contribution in [0.1, 0.15) is 5.56 Å². The average Bonchev–Trinajstić information content (AvgIpc) is 2.75. The molecule has 2 aromatic carbocycles. The van der Waals surface area contributed by atoms with Crippen molar-refractivity contribution >= 4 is 27.6 Å². The molecule has 166 valence electrons. The zero-order valence-electron chi connectivity index (χ0n) is 16.3. The number of nitro groups is 1. The molecule has 1 fully saturated rings. The standard InChI is InChI=1S/C17H19N3O4S.C2H2O4/c21-20(22)17-9-5-4-6-15(17)14-18-10-12-19(13-11-18)25(23,24)16-7-2-1-3-8-16;3-1(4)2(5)6/h1-9H,10-14H2;(H,3,4)(H,5,6). The van der Waals surface area contributed by atoms with Crippen LogP contribution in [-0.4, -0.2) is 70.9 Å². The van der Waals surface area contributed by atoms with E-state index in [-0.39, 0.29) is 10.6 Å². The number of carbonyl (C=O) groups is 2. The number of aliphatic carboxylic acids is 2. The Bertz CT molecular complexity index is 1020. The van der Waals surface area contributed by atoms with Crippen LogP contribution in [0.25, 0.3) is 0 Å². The van der Waals surface area contributed by atoms with Crippen LogP contribution in [0.3, 0.4) is 0 Å². The Morgan fingerprint density at radius 3 is 1.94 bits per heavy atom. The summed E-state index contributed by atoms with van der Waals surface area (Å²) in [5.74, 6) is -3.65. The first-order valence-electron chi connectivity index (χ1n) is 9.09. The normalized spacial score (nSPS) is 14.8. The van der Waals surface area contributed by atoms with Gasteiger partial charge in [0.25, 0.3) is 5.69 Å². The van der Waals surface area contributed by atoms with Gasteiger partial charge >= 0.3 is 11.9 Å². The molecule has 31 heavy (non-hydrogen) atoms. The lowest BCUT2D eigenvalue weighted by atomic mass is 10.1. The molecule has 0 unspecified atom stereocenters. The molecule has 1 saturated heterocycles. The molecule has 0 bridgehead atoms. The highest BCUT2D eigenvalue weighted by Gasteiger charge is 2.29. The summed E-state index contributed by atoms with van der Waals surface area (Å²) in [6.07, 6.45) is 0. The summed E-state index contributed by atoms with van der Waals surface area (Å²) in [6, 6.07) is 15.0. The zero-order valence-corrected chi connectivity index (χ0v) is 17.1. The summed E-state index contributed by atoms with van der Waals surface area (Å²) >= 11 is 0. The van der Waals surface area contributed by atoms with Gasteiger partial charge in [0, 0.05) is 44.4 Å². The molecule has 1 aliphatic heterocycles. The van der Waals surface area contributed by atoms with Crippen LogP contribution in [0.2, 0.25) is 0 Å². The van der Waals surface area contributed by atoms with Crippen LogP contribution in [0.5, 0.6) is 0 Å². The molecule has 0 aliphatic carbocycles. The molecule has 2 aromatic rings. The van der Waals surface area contributed by atoms with Crippen LogP contribution in [0.15, 0.2) is 59.5 Å². The Balaban J connectivity index is 0.000000501. The van der Waals surface area contributed by atoms with Gasteiger partial charge in [-0.1, -0.05) is 36.4 Å². The molecule has 0 aromatic heterocycles. The summed E-state index contributed by atoms with van der Waals surface area (Å²) < 4.78 is 26.7. The van der Waals surface area contributed by atoms with Crippen LogP contribution < -0.4 is 0 Å². The van der Waals surface area contributed by atoms with Crippen LogP contribution in [-0.2, 0) is 26.2 Å². The minimum atomic E-state index is -3.48. The number of sulfonamides is 1. The van der Waals surface area contributed by atoms with Gasteiger partial charge in [0.1, 0.15) is 0 Å². The molecule has 3 rings (SSSR count). The fourth-order valence-electron chi connectivity index (χ4n) is 2.93. The molecule has 1 aliphatic rings. The van der Waals surface area contributed by atoms with Crippen molar-refractivity contribution in [2.45, 2.75) is 11.4 Å². The summed E-state index contributed by atoms with van der Waals surface area (Å²) in [5, 5.41) is 25.9. The number of para-hydroxylation sites is 1. The quantitative estimate of drug-likeness (QED) is 0.388. The average molecular weight is 451 g/mol. The van der Waals surface area contributed by atoms with Crippen LogP contribution >= 0.6 is 0 Å². The molecule has 0 amide bonds. The third kappa shape index (κ3) is 6.57. The molecule has 0 spiro atoms. The molecular weight excluding hydrogens is 430 g/mol. The highest BCUT2D eigenvalue weighted by atomic mass is 32.2. The van der Waals surface area contributed by atoms with Crippen molar-refractivity contribution in [2.75, 3.05) is 26.2 Å². The van der Waals surface area contributed by atoms with Crippen molar-refractivity contribution in [2.24, 2.45) is 0 Å². The number of benzene rings is 2. The number of hydrogen-bond donors (Lipinski definition) is 2. The first kappa shape index (κ1) is 23.9. The van der Waals surface area contributed by atoms with Crippen molar-refractivity contribution in [1.82, 2.24) is 9.21 Å². The third-order valence-electron chi connectivity index (χ3n) is 4.48. The summed E-state index contributed by atoms with van der Waals surface area (Å²) in [6.45, 7) is 2.27. The van der Waals surface area contributed by atoms with E-state index in [1.165, 1.54) is 10.4 Å². The van der Waals surface area contributed by atoms with E-state index < -0.39 is 22.0 Å². The molecule has 1 heterocycles. The second-order valence-electron chi connectivity index (χ2n) is 6.49. The van der Waals surface area contributed by atoms with E-state index >= 15 is 0 Å². The Morgan fingerprint density at radius 2 is 1.42 bits per heavy atom. The number of carboxylic acid groups (broad SMARTS) is 2. The Morgan fingerprint density at radius 1 is 0.903 bits per heavy atom. The van der Waals surface area contributed by atoms with E-state index in [4.69, 9.17) is 19.8 Å². The van der Waals surface area contributed by atoms with Gasteiger partial charge in [-0.05, 0) is 12.1 Å². The summed E-state index contributed by atoms with van der Waals surface area (Å²) in [5.41, 5.74) is 0.744. The second kappa shape index (κ2) is 10.6. The van der Waals surface area contributed by atoms with E-state index in [1.807, 2.05) is 4.90 Å². The van der Waals surface area contributed by atoms with Crippen LogP contribution in [0.4, 0.5) is 5.69 Å². The van der Waals surface area contributed by atoms with Gasteiger partial charge in [-0.25, -0.2) is 18.0 Å². The highest BCUT2D eigenvalue weighted by molar-refractivity contribution is 7.89. The molecule has 11 nitrogen and oxygen atoms in total. The number of nitrogens with zero attached hydrogens (tertiary/aromatic N) is 3. The van der Waals surface area contributed by atoms with E-state index in [9.17, 15) is 18.5 Å². The number of carboxylic acids is 2. The van der Waals surface area contributed by atoms with Crippen molar-refractivity contribution in [3.63, 3.8) is 0 Å². The smallest absolute Gasteiger partial charge is 0.414 e. The number of nitro benzene ring substituents is 1. The minimum absolute atomic E-state index is 0.0989. The van der Waals surface area contributed by atoms with Crippen LogP contribution in [0, 0.1) is 10.1 Å². The topological polar surface area (TPSA) is 158 Å². The number of rotatable bonds is 5.